The second kappa shape index (κ2) is 11.1. The highest BCUT2D eigenvalue weighted by Crippen LogP contribution is 2.21. The number of aliphatic carboxylic acids is 1. The zero-order valence-electron chi connectivity index (χ0n) is 17.6. The van der Waals surface area contributed by atoms with Crippen LogP contribution in [-0.2, 0) is 14.8 Å². The third kappa shape index (κ3) is 6.64. The molecule has 0 aromatic heterocycles. The summed E-state index contributed by atoms with van der Waals surface area (Å²) in [7, 11) is -4.04. The first kappa shape index (κ1) is 24.4. The third-order valence-corrected chi connectivity index (χ3v) is 6.76. The molecule has 3 N–H and O–H groups in total. The normalized spacial score (nSPS) is 12.2. The fourth-order valence-electron chi connectivity index (χ4n) is 3.19. The summed E-state index contributed by atoms with van der Waals surface area (Å²) in [6.45, 7) is 0.168. The topological polar surface area (TPSA) is 113 Å². The van der Waals surface area contributed by atoms with Crippen LogP contribution in [-0.4, -0.2) is 38.0 Å². The average Bonchev–Trinajstić information content (AvgIpc) is 2.81. The molecule has 33 heavy (non-hydrogen) atoms. The van der Waals surface area contributed by atoms with Crippen molar-refractivity contribution < 1.29 is 23.1 Å². The minimum absolute atomic E-state index is 0.000532. The van der Waals surface area contributed by atoms with E-state index in [1.165, 1.54) is 12.1 Å². The van der Waals surface area contributed by atoms with Crippen LogP contribution in [0.15, 0.2) is 83.8 Å². The Bertz CT molecular complexity index is 1220. The first-order chi connectivity index (χ1) is 15.8. The fraction of sp³-hybridized carbons (Fsp3) is 0.167. The zero-order valence-corrected chi connectivity index (χ0v) is 19.1. The van der Waals surface area contributed by atoms with E-state index in [9.17, 15) is 23.1 Å². The van der Waals surface area contributed by atoms with Crippen molar-refractivity contribution in [3.05, 3.63) is 89.4 Å². The van der Waals surface area contributed by atoms with E-state index >= 15 is 0 Å². The standard InChI is InChI=1S/C24H23ClN2O5S/c25-21-10-5-4-9-20(21)23(28)26-16-6-11-22(24(29)30)27-33(31,32)19-14-12-18(13-15-19)17-7-2-1-3-8-17/h1-5,7-10,12-15,22,27H,6,11,16H2,(H,26,28)(H,29,30). The van der Waals surface area contributed by atoms with Crippen LogP contribution in [0.4, 0.5) is 0 Å². The van der Waals surface area contributed by atoms with E-state index in [0.717, 1.165) is 11.1 Å². The van der Waals surface area contributed by atoms with Crippen molar-refractivity contribution >= 4 is 33.5 Å². The molecule has 0 heterocycles. The van der Waals surface area contributed by atoms with Gasteiger partial charge in [-0.05, 0) is 48.2 Å². The summed E-state index contributed by atoms with van der Waals surface area (Å²) in [5.74, 6) is -1.68. The maximum Gasteiger partial charge on any atom is 0.321 e. The number of halogens is 1. The van der Waals surface area contributed by atoms with E-state index in [-0.39, 0.29) is 30.2 Å². The highest BCUT2D eigenvalue weighted by molar-refractivity contribution is 7.89. The van der Waals surface area contributed by atoms with E-state index in [1.54, 1.807) is 36.4 Å². The van der Waals surface area contributed by atoms with E-state index in [0.29, 0.717) is 10.6 Å². The molecular weight excluding hydrogens is 464 g/mol. The molecule has 0 spiro atoms. The Balaban J connectivity index is 1.58. The van der Waals surface area contributed by atoms with Crippen LogP contribution in [0.1, 0.15) is 23.2 Å². The van der Waals surface area contributed by atoms with Crippen molar-refractivity contribution in [3.8, 4) is 11.1 Å². The predicted molar refractivity (Wildman–Crippen MR) is 127 cm³/mol. The summed E-state index contributed by atoms with van der Waals surface area (Å²) in [6, 6.07) is 20.9. The molecule has 1 unspecified atom stereocenters. The number of hydrogen-bond donors (Lipinski definition) is 3. The molecule has 0 aliphatic rings. The van der Waals surface area contributed by atoms with Crippen molar-refractivity contribution in [2.45, 2.75) is 23.8 Å². The second-order valence-corrected chi connectivity index (χ2v) is 9.40. The van der Waals surface area contributed by atoms with Crippen LogP contribution in [0.25, 0.3) is 11.1 Å². The Labute approximate surface area is 197 Å². The Morgan fingerprint density at radius 1 is 0.879 bits per heavy atom. The molecule has 0 aliphatic carbocycles. The fourth-order valence-corrected chi connectivity index (χ4v) is 4.64. The molecule has 3 aromatic rings. The number of sulfonamides is 1. The van der Waals surface area contributed by atoms with Crippen LogP contribution < -0.4 is 10.0 Å². The lowest BCUT2D eigenvalue weighted by Crippen LogP contribution is -2.41. The van der Waals surface area contributed by atoms with Gasteiger partial charge in [0.1, 0.15) is 6.04 Å². The Morgan fingerprint density at radius 3 is 2.12 bits per heavy atom. The highest BCUT2D eigenvalue weighted by atomic mass is 35.5. The summed E-state index contributed by atoms with van der Waals surface area (Å²) in [5, 5.41) is 12.4. The number of carbonyl (C=O) groups is 2. The molecular formula is C24H23ClN2O5S. The first-order valence-corrected chi connectivity index (χ1v) is 12.1. The monoisotopic (exact) mass is 486 g/mol. The van der Waals surface area contributed by atoms with Gasteiger partial charge in [-0.3, -0.25) is 9.59 Å². The summed E-state index contributed by atoms with van der Waals surface area (Å²) < 4.78 is 27.6. The summed E-state index contributed by atoms with van der Waals surface area (Å²) in [4.78, 5) is 23.7. The largest absolute Gasteiger partial charge is 0.480 e. The number of carboxylic acid groups (broad SMARTS) is 1. The van der Waals surface area contributed by atoms with E-state index in [1.807, 2.05) is 30.3 Å². The molecule has 3 aromatic carbocycles. The van der Waals surface area contributed by atoms with Gasteiger partial charge in [0.25, 0.3) is 5.91 Å². The number of rotatable bonds is 10. The van der Waals surface area contributed by atoms with Gasteiger partial charge in [0.2, 0.25) is 10.0 Å². The molecule has 1 atom stereocenters. The van der Waals surface area contributed by atoms with Crippen LogP contribution in [0.3, 0.4) is 0 Å². The zero-order chi connectivity index (χ0) is 23.8. The summed E-state index contributed by atoms with van der Waals surface area (Å²) in [5.41, 5.74) is 2.10. The molecule has 3 rings (SSSR count). The molecule has 0 aliphatic heterocycles. The smallest absolute Gasteiger partial charge is 0.321 e. The molecule has 9 heteroatoms. The van der Waals surface area contributed by atoms with Crippen molar-refractivity contribution in [3.63, 3.8) is 0 Å². The van der Waals surface area contributed by atoms with Gasteiger partial charge in [-0.15, -0.1) is 0 Å². The van der Waals surface area contributed by atoms with Gasteiger partial charge in [0.15, 0.2) is 0 Å². The number of nitrogens with one attached hydrogen (secondary N) is 2. The van der Waals surface area contributed by atoms with Crippen molar-refractivity contribution in [2.24, 2.45) is 0 Å². The molecule has 0 bridgehead atoms. The molecule has 0 radical (unpaired) electrons. The number of carboxylic acids is 1. The summed E-state index contributed by atoms with van der Waals surface area (Å²) >= 11 is 5.98. The minimum Gasteiger partial charge on any atom is -0.480 e. The van der Waals surface area contributed by atoms with E-state index < -0.39 is 22.0 Å². The molecule has 0 saturated heterocycles. The van der Waals surface area contributed by atoms with Crippen LogP contribution in [0.2, 0.25) is 5.02 Å². The Hall–Kier alpha value is -3.20. The SMILES string of the molecule is O=C(NCCCC(NS(=O)(=O)c1ccc(-c2ccccc2)cc1)C(=O)O)c1ccccc1Cl. The average molecular weight is 487 g/mol. The number of carbonyl (C=O) groups excluding carboxylic acids is 1. The van der Waals surface area contributed by atoms with Gasteiger partial charge >= 0.3 is 5.97 Å². The van der Waals surface area contributed by atoms with E-state index in [4.69, 9.17) is 11.6 Å². The molecule has 7 nitrogen and oxygen atoms in total. The third-order valence-electron chi connectivity index (χ3n) is 4.94. The van der Waals surface area contributed by atoms with Gasteiger partial charge in [0.05, 0.1) is 15.5 Å². The molecule has 1 amide bonds. The quantitative estimate of drug-likeness (QED) is 0.375. The minimum atomic E-state index is -4.04. The highest BCUT2D eigenvalue weighted by Gasteiger charge is 2.25. The van der Waals surface area contributed by atoms with E-state index in [2.05, 4.69) is 10.0 Å². The van der Waals surface area contributed by atoms with Gasteiger partial charge in [-0.25, -0.2) is 8.42 Å². The lowest BCUT2D eigenvalue weighted by atomic mass is 10.1. The maximum atomic E-state index is 12.7. The summed E-state index contributed by atoms with van der Waals surface area (Å²) in [6.07, 6.45) is 0.252. The van der Waals surface area contributed by atoms with Crippen LogP contribution in [0, 0.1) is 0 Å². The van der Waals surface area contributed by atoms with Crippen LogP contribution in [0.5, 0.6) is 0 Å². The molecule has 0 saturated carbocycles. The lowest BCUT2D eigenvalue weighted by molar-refractivity contribution is -0.139. The maximum absolute atomic E-state index is 12.7. The van der Waals surface area contributed by atoms with Crippen LogP contribution >= 0.6 is 11.6 Å². The Morgan fingerprint density at radius 2 is 1.48 bits per heavy atom. The van der Waals surface area contributed by atoms with Crippen molar-refractivity contribution in [1.82, 2.24) is 10.0 Å². The number of amides is 1. The predicted octanol–water partition coefficient (Wildman–Crippen LogP) is 3.95. The Kier molecular flexibility index (Phi) is 8.21. The van der Waals surface area contributed by atoms with Gasteiger partial charge in [-0.1, -0.05) is 66.2 Å². The van der Waals surface area contributed by atoms with Gasteiger partial charge in [0, 0.05) is 6.54 Å². The molecule has 0 fully saturated rings. The lowest BCUT2D eigenvalue weighted by Gasteiger charge is -2.15. The number of hydrogen-bond acceptors (Lipinski definition) is 4. The number of benzene rings is 3. The van der Waals surface area contributed by atoms with Crippen molar-refractivity contribution in [2.75, 3.05) is 6.54 Å². The second-order valence-electron chi connectivity index (χ2n) is 7.28. The first-order valence-electron chi connectivity index (χ1n) is 10.2. The van der Waals surface area contributed by atoms with Crippen molar-refractivity contribution in [1.29, 1.82) is 0 Å². The van der Waals surface area contributed by atoms with Gasteiger partial charge in [-0.2, -0.15) is 4.72 Å². The van der Waals surface area contributed by atoms with Gasteiger partial charge < -0.3 is 10.4 Å². The molecule has 172 valence electrons.